The van der Waals surface area contributed by atoms with E-state index >= 15 is 0 Å². The largest absolute Gasteiger partial charge is 0.364 e. The van der Waals surface area contributed by atoms with Crippen molar-refractivity contribution in [3.63, 3.8) is 0 Å². The van der Waals surface area contributed by atoms with Gasteiger partial charge in [0.1, 0.15) is 5.52 Å². The summed E-state index contributed by atoms with van der Waals surface area (Å²) >= 11 is 0. The predicted octanol–water partition coefficient (Wildman–Crippen LogP) is 3.75. The Balaban J connectivity index is 1.79. The van der Waals surface area contributed by atoms with Gasteiger partial charge in [-0.2, -0.15) is 0 Å². The lowest BCUT2D eigenvalue weighted by Crippen LogP contribution is -2.03. The molecule has 1 atom stereocenters. The average molecular weight is 373 g/mol. The molecule has 0 saturated carbocycles. The Labute approximate surface area is 162 Å². The fourth-order valence-corrected chi connectivity index (χ4v) is 3.42. The zero-order chi connectivity index (χ0) is 19.7. The van der Waals surface area contributed by atoms with E-state index in [1.54, 1.807) is 17.8 Å². The van der Waals surface area contributed by atoms with Crippen LogP contribution in [0.1, 0.15) is 22.2 Å². The van der Waals surface area contributed by atoms with E-state index in [-0.39, 0.29) is 0 Å². The molecule has 4 aromatic rings. The second kappa shape index (κ2) is 7.34. The van der Waals surface area contributed by atoms with Gasteiger partial charge in [-0.3, -0.25) is 4.79 Å². The molecule has 0 saturated heterocycles. The molecule has 3 aromatic carbocycles. The van der Waals surface area contributed by atoms with Crippen LogP contribution in [-0.2, 0) is 11.8 Å². The van der Waals surface area contributed by atoms with Crippen LogP contribution < -0.4 is 0 Å². The van der Waals surface area contributed by atoms with Gasteiger partial charge in [0.05, 0.1) is 5.52 Å². The lowest BCUT2D eigenvalue weighted by Gasteiger charge is -2.13. The third kappa shape index (κ3) is 3.09. The summed E-state index contributed by atoms with van der Waals surface area (Å²) in [5.41, 5.74) is 6.39. The Morgan fingerprint density at radius 1 is 1.04 bits per heavy atom. The van der Waals surface area contributed by atoms with Gasteiger partial charge in [-0.15, -0.1) is 5.10 Å². The first-order valence-corrected chi connectivity index (χ1v) is 8.81. The van der Waals surface area contributed by atoms with E-state index in [1.165, 1.54) is 7.11 Å². The quantitative estimate of drug-likeness (QED) is 0.426. The number of aromatic nitrogens is 3. The van der Waals surface area contributed by atoms with Crippen molar-refractivity contribution in [1.29, 1.82) is 0 Å². The van der Waals surface area contributed by atoms with Crippen molar-refractivity contribution in [2.24, 2.45) is 7.05 Å². The van der Waals surface area contributed by atoms with Gasteiger partial charge >= 0.3 is 0 Å². The Morgan fingerprint density at radius 3 is 2.46 bits per heavy atom. The molecule has 140 valence electrons. The van der Waals surface area contributed by atoms with E-state index in [4.69, 9.17) is 4.74 Å². The molecule has 6 nitrogen and oxygen atoms in total. The van der Waals surface area contributed by atoms with E-state index < -0.39 is 6.29 Å². The van der Waals surface area contributed by atoms with Gasteiger partial charge in [-0.05, 0) is 34.4 Å². The van der Waals surface area contributed by atoms with Crippen LogP contribution in [0.2, 0.25) is 0 Å². The molecule has 28 heavy (non-hydrogen) atoms. The number of fused-ring (bicyclic) bond motifs is 1. The summed E-state index contributed by atoms with van der Waals surface area (Å²) in [7, 11) is 3.23. The van der Waals surface area contributed by atoms with E-state index in [0.29, 0.717) is 16.6 Å². The molecular formula is C22H19N3O3. The highest BCUT2D eigenvalue weighted by Gasteiger charge is 2.17. The van der Waals surface area contributed by atoms with Gasteiger partial charge in [0.2, 0.25) is 0 Å². The molecule has 0 radical (unpaired) electrons. The molecule has 4 rings (SSSR count). The van der Waals surface area contributed by atoms with Crippen molar-refractivity contribution in [3.8, 4) is 22.3 Å². The number of benzene rings is 3. The minimum atomic E-state index is -1.07. The number of aryl methyl sites for hydroxylation is 1. The molecule has 0 amide bonds. The lowest BCUT2D eigenvalue weighted by molar-refractivity contribution is -0.0760. The molecule has 1 aromatic heterocycles. The lowest BCUT2D eigenvalue weighted by atomic mass is 9.96. The maximum Gasteiger partial charge on any atom is 0.183 e. The van der Waals surface area contributed by atoms with Crippen LogP contribution in [0.15, 0.2) is 60.7 Å². The fraction of sp³-hybridized carbons (Fsp3) is 0.136. The molecule has 1 heterocycles. The van der Waals surface area contributed by atoms with Gasteiger partial charge in [0, 0.05) is 25.3 Å². The van der Waals surface area contributed by atoms with Crippen molar-refractivity contribution in [2.75, 3.05) is 7.11 Å². The third-order valence-electron chi connectivity index (χ3n) is 4.84. The maximum atomic E-state index is 11.3. The van der Waals surface area contributed by atoms with Gasteiger partial charge in [-0.1, -0.05) is 53.7 Å². The first kappa shape index (κ1) is 18.0. The van der Waals surface area contributed by atoms with Crippen LogP contribution in [0.4, 0.5) is 0 Å². The van der Waals surface area contributed by atoms with E-state index in [0.717, 1.165) is 34.1 Å². The number of carbonyl (C=O) groups is 1. The summed E-state index contributed by atoms with van der Waals surface area (Å²) in [5.74, 6) is 0. The Bertz CT molecular complexity index is 1150. The zero-order valence-electron chi connectivity index (χ0n) is 15.5. The van der Waals surface area contributed by atoms with Crippen LogP contribution in [-0.4, -0.2) is 33.5 Å². The summed E-state index contributed by atoms with van der Waals surface area (Å²) in [6, 6.07) is 19.2. The smallest absolute Gasteiger partial charge is 0.183 e. The van der Waals surface area contributed by atoms with Crippen LogP contribution >= 0.6 is 0 Å². The number of nitrogens with zero attached hydrogens (tertiary/aromatic N) is 3. The van der Waals surface area contributed by atoms with E-state index in [9.17, 15) is 9.90 Å². The second-order valence-corrected chi connectivity index (χ2v) is 6.52. The van der Waals surface area contributed by atoms with Crippen molar-refractivity contribution in [1.82, 2.24) is 15.0 Å². The number of hydrogen-bond acceptors (Lipinski definition) is 5. The number of methoxy groups -OCH3 is 1. The number of hydrogen-bond donors (Lipinski definition) is 1. The fourth-order valence-electron chi connectivity index (χ4n) is 3.42. The predicted molar refractivity (Wildman–Crippen MR) is 107 cm³/mol. The standard InChI is InChI=1S/C22H19N3O3/c1-25-21-19(22(27)28-2)11-17(12-20(21)23-24-25)14-7-9-15(10-8-14)18-6-4-3-5-16(18)13-26/h3-13,22,27H,1-2H3. The summed E-state index contributed by atoms with van der Waals surface area (Å²) in [6.45, 7) is 0. The summed E-state index contributed by atoms with van der Waals surface area (Å²) in [6.07, 6.45) is -0.206. The highest BCUT2D eigenvalue weighted by Crippen LogP contribution is 2.32. The van der Waals surface area contributed by atoms with Crippen LogP contribution in [0.25, 0.3) is 33.3 Å². The van der Waals surface area contributed by atoms with Gasteiger partial charge in [0.15, 0.2) is 12.6 Å². The maximum absolute atomic E-state index is 11.3. The number of ether oxygens (including phenoxy) is 1. The molecule has 0 bridgehead atoms. The average Bonchev–Trinajstić information content (AvgIpc) is 3.13. The van der Waals surface area contributed by atoms with Crippen LogP contribution in [0.3, 0.4) is 0 Å². The van der Waals surface area contributed by atoms with Crippen molar-refractivity contribution in [2.45, 2.75) is 6.29 Å². The first-order valence-electron chi connectivity index (χ1n) is 8.81. The SMILES string of the molecule is COC(O)c1cc(-c2ccc(-c3ccccc3C=O)cc2)cc2nnn(C)c12. The zero-order valence-corrected chi connectivity index (χ0v) is 15.5. The molecule has 1 N–H and O–H groups in total. The molecule has 0 aliphatic heterocycles. The summed E-state index contributed by atoms with van der Waals surface area (Å²) in [5, 5.41) is 18.5. The normalized spacial score (nSPS) is 12.2. The van der Waals surface area contributed by atoms with Gasteiger partial charge < -0.3 is 9.84 Å². The third-order valence-corrected chi connectivity index (χ3v) is 4.84. The van der Waals surface area contributed by atoms with Gasteiger partial charge in [-0.25, -0.2) is 4.68 Å². The number of aliphatic hydroxyl groups is 1. The molecule has 6 heteroatoms. The molecule has 0 spiro atoms. The highest BCUT2D eigenvalue weighted by atomic mass is 16.6. The number of carbonyl (C=O) groups excluding carboxylic acids is 1. The molecule has 0 aliphatic carbocycles. The molecule has 1 unspecified atom stereocenters. The van der Waals surface area contributed by atoms with Crippen LogP contribution in [0.5, 0.6) is 0 Å². The second-order valence-electron chi connectivity index (χ2n) is 6.52. The van der Waals surface area contributed by atoms with Gasteiger partial charge in [0.25, 0.3) is 0 Å². The summed E-state index contributed by atoms with van der Waals surface area (Å²) < 4.78 is 6.74. The molecule has 0 aliphatic rings. The Morgan fingerprint density at radius 2 is 1.75 bits per heavy atom. The van der Waals surface area contributed by atoms with E-state index in [2.05, 4.69) is 10.3 Å². The molecular weight excluding hydrogens is 354 g/mol. The van der Waals surface area contributed by atoms with Crippen molar-refractivity contribution >= 4 is 17.3 Å². The first-order chi connectivity index (χ1) is 13.6. The Kier molecular flexibility index (Phi) is 4.73. The number of rotatable bonds is 5. The Hall–Kier alpha value is -3.35. The number of aldehydes is 1. The topological polar surface area (TPSA) is 77.2 Å². The van der Waals surface area contributed by atoms with Crippen molar-refractivity contribution in [3.05, 3.63) is 71.8 Å². The summed E-state index contributed by atoms with van der Waals surface area (Å²) in [4.78, 5) is 11.3. The molecule has 0 fully saturated rings. The monoisotopic (exact) mass is 373 g/mol. The minimum absolute atomic E-state index is 0.609. The highest BCUT2D eigenvalue weighted by molar-refractivity contribution is 5.89. The van der Waals surface area contributed by atoms with E-state index in [1.807, 2.05) is 54.6 Å². The number of aliphatic hydroxyl groups excluding tert-OH is 1. The van der Waals surface area contributed by atoms with Crippen LogP contribution in [0, 0.1) is 0 Å². The van der Waals surface area contributed by atoms with Crippen molar-refractivity contribution < 1.29 is 14.6 Å². The minimum Gasteiger partial charge on any atom is -0.364 e.